The average molecular weight is 452 g/mol. The lowest BCUT2D eigenvalue weighted by atomic mass is 10.0. The van der Waals surface area contributed by atoms with Crippen LogP contribution in [0.3, 0.4) is 0 Å². The third-order valence-corrected chi connectivity index (χ3v) is 5.65. The summed E-state index contributed by atoms with van der Waals surface area (Å²) < 4.78 is 13.7. The Bertz CT molecular complexity index is 984. The maximum atomic E-state index is 10.3. The van der Waals surface area contributed by atoms with E-state index in [4.69, 9.17) is 14.6 Å². The molecule has 178 valence electrons. The molecule has 3 aromatic rings. The van der Waals surface area contributed by atoms with Crippen molar-refractivity contribution < 1.29 is 14.6 Å². The van der Waals surface area contributed by atoms with Crippen LogP contribution in [0.25, 0.3) is 5.69 Å². The van der Waals surface area contributed by atoms with Gasteiger partial charge in [-0.1, -0.05) is 45.9 Å². The minimum atomic E-state index is -0.353. The fourth-order valence-electron chi connectivity index (χ4n) is 3.87. The first kappa shape index (κ1) is 24.8. The monoisotopic (exact) mass is 451 g/mol. The number of aromatic nitrogens is 2. The first-order valence-electron chi connectivity index (χ1n) is 11.9. The predicted molar refractivity (Wildman–Crippen MR) is 133 cm³/mol. The molecule has 0 aliphatic rings. The van der Waals surface area contributed by atoms with Crippen molar-refractivity contribution in [1.82, 2.24) is 14.7 Å². The zero-order chi connectivity index (χ0) is 23.8. The molecule has 0 spiro atoms. The molecule has 1 atom stereocenters. The maximum Gasteiger partial charge on any atom is 0.227 e. The van der Waals surface area contributed by atoms with Gasteiger partial charge in [0.2, 0.25) is 5.88 Å². The van der Waals surface area contributed by atoms with Gasteiger partial charge in [0.1, 0.15) is 11.5 Å². The van der Waals surface area contributed by atoms with Gasteiger partial charge in [-0.3, -0.25) is 4.90 Å². The quantitative estimate of drug-likeness (QED) is 0.378. The van der Waals surface area contributed by atoms with Gasteiger partial charge in [-0.25, -0.2) is 4.68 Å². The van der Waals surface area contributed by atoms with Gasteiger partial charge in [0.05, 0.1) is 30.2 Å². The fraction of sp³-hybridized carbons (Fsp3) is 0.444. The van der Waals surface area contributed by atoms with E-state index >= 15 is 0 Å². The summed E-state index contributed by atoms with van der Waals surface area (Å²) in [5, 5.41) is 15.3. The number of aliphatic hydroxyl groups excluding tert-OH is 1. The van der Waals surface area contributed by atoms with Crippen molar-refractivity contribution in [2.24, 2.45) is 0 Å². The molecular formula is C27H37N3O3. The van der Waals surface area contributed by atoms with Crippen LogP contribution >= 0.6 is 0 Å². The molecule has 3 rings (SSSR count). The summed E-state index contributed by atoms with van der Waals surface area (Å²) in [4.78, 5) is 2.30. The van der Waals surface area contributed by atoms with E-state index in [1.807, 2.05) is 66.2 Å². The molecule has 0 bridgehead atoms. The Kier molecular flexibility index (Phi) is 8.92. The van der Waals surface area contributed by atoms with Crippen LogP contribution in [0.15, 0.2) is 54.6 Å². The van der Waals surface area contributed by atoms with E-state index in [-0.39, 0.29) is 12.0 Å². The topological polar surface area (TPSA) is 59.8 Å². The molecule has 0 radical (unpaired) electrons. The molecule has 1 heterocycles. The molecule has 0 saturated carbocycles. The maximum absolute atomic E-state index is 10.3. The van der Waals surface area contributed by atoms with Crippen molar-refractivity contribution in [2.75, 3.05) is 20.2 Å². The van der Waals surface area contributed by atoms with Crippen LogP contribution in [-0.2, 0) is 6.54 Å². The number of hydrogen-bond donors (Lipinski definition) is 1. The smallest absolute Gasteiger partial charge is 0.227 e. The molecule has 6 nitrogen and oxygen atoms in total. The number of rotatable bonds is 12. The minimum absolute atomic E-state index is 0.220. The number of nitrogens with zero attached hydrogens (tertiary/aromatic N) is 3. The Morgan fingerprint density at radius 2 is 1.70 bits per heavy atom. The first-order valence-corrected chi connectivity index (χ1v) is 11.9. The Balaban J connectivity index is 2.10. The van der Waals surface area contributed by atoms with Crippen molar-refractivity contribution in [3.05, 3.63) is 65.9 Å². The molecule has 0 aliphatic carbocycles. The van der Waals surface area contributed by atoms with E-state index in [9.17, 15) is 5.11 Å². The van der Waals surface area contributed by atoms with Crippen molar-refractivity contribution in [3.8, 4) is 23.1 Å². The normalized spacial score (nSPS) is 12.4. The summed E-state index contributed by atoms with van der Waals surface area (Å²) in [7, 11) is 1.66. The second kappa shape index (κ2) is 11.9. The number of ether oxygens (including phenoxy) is 2. The molecule has 0 saturated heterocycles. The van der Waals surface area contributed by atoms with E-state index in [1.54, 1.807) is 7.11 Å². The summed E-state index contributed by atoms with van der Waals surface area (Å²) in [5.74, 6) is 2.49. The van der Waals surface area contributed by atoms with Gasteiger partial charge in [0.25, 0.3) is 0 Å². The third kappa shape index (κ3) is 6.36. The van der Waals surface area contributed by atoms with E-state index < -0.39 is 0 Å². The standard InChI is InChI=1S/C27H37N3O3/c1-6-17-29(18-22(31)7-2)19-25-26(20(3)4)28-30(21-13-15-23(32-5)16-14-21)27(25)33-24-11-9-8-10-12-24/h8-16,20,22,31H,6-7,17-19H2,1-5H3/t22-/m0/s1. The molecule has 0 fully saturated rings. The van der Waals surface area contributed by atoms with Gasteiger partial charge in [-0.2, -0.15) is 5.10 Å². The van der Waals surface area contributed by atoms with E-state index in [1.165, 1.54) is 0 Å². The lowest BCUT2D eigenvalue weighted by Crippen LogP contribution is -2.32. The number of benzene rings is 2. The highest BCUT2D eigenvalue weighted by molar-refractivity contribution is 5.46. The lowest BCUT2D eigenvalue weighted by molar-refractivity contribution is 0.105. The third-order valence-electron chi connectivity index (χ3n) is 5.65. The van der Waals surface area contributed by atoms with Gasteiger partial charge in [-0.15, -0.1) is 0 Å². The first-order chi connectivity index (χ1) is 16.0. The second-order valence-electron chi connectivity index (χ2n) is 8.65. The Morgan fingerprint density at radius 3 is 2.27 bits per heavy atom. The molecule has 0 amide bonds. The lowest BCUT2D eigenvalue weighted by Gasteiger charge is -2.25. The summed E-state index contributed by atoms with van der Waals surface area (Å²) in [6.07, 6.45) is 1.39. The predicted octanol–water partition coefficient (Wildman–Crippen LogP) is 5.78. The van der Waals surface area contributed by atoms with Gasteiger partial charge < -0.3 is 14.6 Å². The van der Waals surface area contributed by atoms with Crippen LogP contribution in [0.2, 0.25) is 0 Å². The van der Waals surface area contributed by atoms with Crippen LogP contribution in [-0.4, -0.2) is 46.1 Å². The summed E-state index contributed by atoms with van der Waals surface area (Å²) >= 11 is 0. The van der Waals surface area contributed by atoms with Gasteiger partial charge in [-0.05, 0) is 61.7 Å². The molecule has 1 aromatic heterocycles. The SMILES string of the molecule is CCCN(Cc1c(C(C)C)nn(-c2ccc(OC)cc2)c1Oc1ccccc1)C[C@@H](O)CC. The van der Waals surface area contributed by atoms with E-state index in [0.29, 0.717) is 19.0 Å². The zero-order valence-corrected chi connectivity index (χ0v) is 20.5. The Hall–Kier alpha value is -2.83. The molecule has 33 heavy (non-hydrogen) atoms. The van der Waals surface area contributed by atoms with Gasteiger partial charge >= 0.3 is 0 Å². The number of aliphatic hydroxyl groups is 1. The van der Waals surface area contributed by atoms with Crippen LogP contribution in [0.4, 0.5) is 0 Å². The van der Waals surface area contributed by atoms with Crippen molar-refractivity contribution in [3.63, 3.8) is 0 Å². The van der Waals surface area contributed by atoms with Crippen molar-refractivity contribution in [1.29, 1.82) is 0 Å². The van der Waals surface area contributed by atoms with Crippen LogP contribution in [0.5, 0.6) is 17.4 Å². The molecule has 6 heteroatoms. The minimum Gasteiger partial charge on any atom is -0.497 e. The van der Waals surface area contributed by atoms with E-state index in [2.05, 4.69) is 25.7 Å². The van der Waals surface area contributed by atoms with Crippen molar-refractivity contribution in [2.45, 2.75) is 59.1 Å². The van der Waals surface area contributed by atoms with E-state index in [0.717, 1.165) is 47.8 Å². The van der Waals surface area contributed by atoms with Crippen molar-refractivity contribution >= 4 is 0 Å². The van der Waals surface area contributed by atoms with Crippen LogP contribution in [0, 0.1) is 0 Å². The van der Waals surface area contributed by atoms with Crippen LogP contribution in [0.1, 0.15) is 57.7 Å². The van der Waals surface area contributed by atoms with Crippen LogP contribution < -0.4 is 9.47 Å². The highest BCUT2D eigenvalue weighted by Gasteiger charge is 2.25. The Morgan fingerprint density at radius 1 is 1.00 bits per heavy atom. The molecular weight excluding hydrogens is 414 g/mol. The molecule has 1 N–H and O–H groups in total. The highest BCUT2D eigenvalue weighted by Crippen LogP contribution is 2.35. The number of methoxy groups -OCH3 is 1. The summed E-state index contributed by atoms with van der Waals surface area (Å²) in [5.41, 5.74) is 2.97. The molecule has 0 aliphatic heterocycles. The number of hydrogen-bond acceptors (Lipinski definition) is 5. The molecule has 2 aromatic carbocycles. The fourth-order valence-corrected chi connectivity index (χ4v) is 3.87. The largest absolute Gasteiger partial charge is 0.497 e. The molecule has 0 unspecified atom stereocenters. The van der Waals surface area contributed by atoms with Gasteiger partial charge in [0.15, 0.2) is 0 Å². The van der Waals surface area contributed by atoms with Gasteiger partial charge in [0, 0.05) is 13.1 Å². The summed E-state index contributed by atoms with van der Waals surface area (Å²) in [6.45, 7) is 10.7. The average Bonchev–Trinajstić information content (AvgIpc) is 3.17. The zero-order valence-electron chi connectivity index (χ0n) is 20.5. The highest BCUT2D eigenvalue weighted by atomic mass is 16.5. The summed E-state index contributed by atoms with van der Waals surface area (Å²) in [6, 6.07) is 17.6. The Labute approximate surface area is 197 Å². The number of para-hydroxylation sites is 1. The second-order valence-corrected chi connectivity index (χ2v) is 8.65.